The van der Waals surface area contributed by atoms with Gasteiger partial charge in [0.05, 0.1) is 37.5 Å². The van der Waals surface area contributed by atoms with Gasteiger partial charge in [0.1, 0.15) is 6.34 Å². The summed E-state index contributed by atoms with van der Waals surface area (Å²) in [7, 11) is 0. The van der Waals surface area contributed by atoms with Gasteiger partial charge in [-0.25, -0.2) is 9.98 Å². The number of rotatable bonds is 0. The van der Waals surface area contributed by atoms with Crippen LogP contribution in [-0.2, 0) is 11.0 Å². The molecule has 1 N–H and O–H groups in total. The van der Waals surface area contributed by atoms with Gasteiger partial charge in [0, 0.05) is 34.5 Å². The third-order valence-electron chi connectivity index (χ3n) is 5.36. The van der Waals surface area contributed by atoms with E-state index < -0.39 is 0 Å². The quantitative estimate of drug-likeness (QED) is 0.440. The smallest absolute Gasteiger partial charge is 0.110 e. The van der Waals surface area contributed by atoms with E-state index in [1.54, 1.807) is 18.7 Å². The van der Waals surface area contributed by atoms with E-state index in [-0.39, 0.29) is 21.8 Å². The molecular formula is C27H47N9. The first-order chi connectivity index (χ1) is 16.4. The van der Waals surface area contributed by atoms with E-state index in [9.17, 15) is 0 Å². The molecule has 0 radical (unpaired) electrons. The molecule has 9 heteroatoms. The Morgan fingerprint density at radius 1 is 0.833 bits per heavy atom. The number of aromatic amines is 1. The van der Waals surface area contributed by atoms with Gasteiger partial charge in [-0.15, -0.1) is 0 Å². The molecule has 0 bridgehead atoms. The topological polar surface area (TPSA) is 109 Å². The van der Waals surface area contributed by atoms with Crippen LogP contribution in [0.2, 0.25) is 0 Å². The maximum absolute atomic E-state index is 4.13. The highest BCUT2D eigenvalue weighted by Crippen LogP contribution is 2.27. The largest absolute Gasteiger partial charge is 0.332 e. The molecule has 0 saturated heterocycles. The van der Waals surface area contributed by atoms with E-state index in [1.807, 2.05) is 18.7 Å². The van der Waals surface area contributed by atoms with Gasteiger partial charge in [0.25, 0.3) is 0 Å². The second kappa shape index (κ2) is 12.8. The van der Waals surface area contributed by atoms with Gasteiger partial charge >= 0.3 is 0 Å². The molecule has 4 heterocycles. The van der Waals surface area contributed by atoms with Crippen molar-refractivity contribution in [3.05, 3.63) is 42.4 Å². The minimum Gasteiger partial charge on any atom is -0.332 e. The highest BCUT2D eigenvalue weighted by Gasteiger charge is 2.19. The lowest BCUT2D eigenvalue weighted by molar-refractivity contribution is 0.396. The van der Waals surface area contributed by atoms with Gasteiger partial charge in [0.2, 0.25) is 0 Å². The lowest BCUT2D eigenvalue weighted by atomic mass is 9.87. The van der Waals surface area contributed by atoms with Gasteiger partial charge in [-0.3, -0.25) is 4.99 Å². The highest BCUT2D eigenvalue weighted by atomic mass is 15.3. The summed E-state index contributed by atoms with van der Waals surface area (Å²) in [6, 6.07) is 0. The first-order valence-electron chi connectivity index (χ1n) is 12.4. The second-order valence-electron chi connectivity index (χ2n) is 12.8. The summed E-state index contributed by atoms with van der Waals surface area (Å²) in [5, 5.41) is 17.9. The van der Waals surface area contributed by atoms with Crippen molar-refractivity contribution in [1.29, 1.82) is 0 Å². The van der Waals surface area contributed by atoms with Crippen molar-refractivity contribution in [2.45, 2.75) is 94.0 Å². The zero-order valence-electron chi connectivity index (χ0n) is 24.5. The fourth-order valence-corrected chi connectivity index (χ4v) is 2.63. The van der Waals surface area contributed by atoms with Crippen LogP contribution in [0.3, 0.4) is 0 Å². The van der Waals surface area contributed by atoms with Crippen LogP contribution < -0.4 is 0 Å². The minimum atomic E-state index is 0.118. The van der Waals surface area contributed by atoms with Crippen LogP contribution in [0.25, 0.3) is 0 Å². The molecule has 0 saturated carbocycles. The lowest BCUT2D eigenvalue weighted by Gasteiger charge is -2.19. The fraction of sp³-hybridized carbons (Fsp3) is 0.667. The van der Waals surface area contributed by atoms with Crippen molar-refractivity contribution in [2.75, 3.05) is 13.1 Å². The van der Waals surface area contributed by atoms with Crippen LogP contribution in [-0.4, -0.2) is 50.1 Å². The van der Waals surface area contributed by atoms with E-state index in [0.717, 1.165) is 18.8 Å². The molecule has 0 aromatic carbocycles. The summed E-state index contributed by atoms with van der Waals surface area (Å²) < 4.78 is 2.08. The monoisotopic (exact) mass is 497 g/mol. The fourth-order valence-electron chi connectivity index (χ4n) is 2.63. The number of aromatic nitrogens is 5. The minimum absolute atomic E-state index is 0.118. The Labute approximate surface area is 217 Å². The lowest BCUT2D eigenvalue weighted by Crippen LogP contribution is -2.20. The Kier molecular flexibility index (Phi) is 11.1. The molecule has 0 aliphatic carbocycles. The second-order valence-corrected chi connectivity index (χ2v) is 12.8. The van der Waals surface area contributed by atoms with Crippen molar-refractivity contribution < 1.29 is 0 Å². The maximum Gasteiger partial charge on any atom is 0.110 e. The highest BCUT2D eigenvalue weighted by molar-refractivity contribution is 5.99. The third-order valence-corrected chi connectivity index (χ3v) is 5.36. The zero-order valence-corrected chi connectivity index (χ0v) is 24.5. The molecular weight excluding hydrogens is 450 g/mol. The van der Waals surface area contributed by atoms with Crippen LogP contribution in [0.4, 0.5) is 0 Å². The molecule has 9 nitrogen and oxygen atoms in total. The summed E-state index contributed by atoms with van der Waals surface area (Å²) in [5.74, 6) is 0. The Balaban J connectivity index is 0.000000240. The number of aliphatic imine (C=N–C) groups is 2. The predicted molar refractivity (Wildman–Crippen MR) is 150 cm³/mol. The Morgan fingerprint density at radius 2 is 1.50 bits per heavy atom. The summed E-state index contributed by atoms with van der Waals surface area (Å²) >= 11 is 0. The van der Waals surface area contributed by atoms with Crippen LogP contribution in [0, 0.1) is 10.8 Å². The molecule has 2 aromatic rings. The molecule has 0 unspecified atom stereocenters. The van der Waals surface area contributed by atoms with Crippen LogP contribution in [0.1, 0.15) is 88.8 Å². The van der Waals surface area contributed by atoms with Crippen molar-refractivity contribution in [3.63, 3.8) is 0 Å². The number of nitrogens with zero attached hydrogens (tertiary/aromatic N) is 8. The number of azo groups is 1. The van der Waals surface area contributed by atoms with E-state index >= 15 is 0 Å². The van der Waals surface area contributed by atoms with Gasteiger partial charge < -0.3 is 4.57 Å². The molecule has 2 aliphatic rings. The molecule has 4 rings (SSSR count). The number of hydrogen-bond acceptors (Lipinski definition) is 7. The van der Waals surface area contributed by atoms with Crippen LogP contribution in [0.15, 0.2) is 56.9 Å². The first-order valence-corrected chi connectivity index (χ1v) is 12.4. The van der Waals surface area contributed by atoms with Gasteiger partial charge in [0.15, 0.2) is 0 Å². The molecule has 0 fully saturated rings. The number of H-pyrrole nitrogens is 1. The number of imidazole rings is 1. The molecule has 2 aliphatic heterocycles. The van der Waals surface area contributed by atoms with Crippen molar-refractivity contribution in [1.82, 2.24) is 25.0 Å². The Hall–Kier alpha value is -2.97. The van der Waals surface area contributed by atoms with E-state index in [2.05, 4.69) is 128 Å². The summed E-state index contributed by atoms with van der Waals surface area (Å²) in [6.07, 6.45) is 10.9. The average Bonchev–Trinajstić information content (AvgIpc) is 3.57. The summed E-state index contributed by atoms with van der Waals surface area (Å²) in [4.78, 5) is 12.1. The summed E-state index contributed by atoms with van der Waals surface area (Å²) in [6.45, 7) is 27.3. The molecule has 0 atom stereocenters. The van der Waals surface area contributed by atoms with Crippen molar-refractivity contribution >= 4 is 12.1 Å². The Bertz CT molecular complexity index is 913. The summed E-state index contributed by atoms with van der Waals surface area (Å²) in [5.41, 5.74) is 4.26. The molecule has 36 heavy (non-hydrogen) atoms. The molecule has 0 amide bonds. The molecule has 2 aromatic heterocycles. The standard InChI is InChI=1S/3C7H12N2.C6H11N3/c1-7(2,3)6-4-8-5-9-6;1-7(2,3)6-4-8-9-5-6;1-7(2,3)9-5-4-8-6-9;1-6(2,3)5-4-7-9-8-5/h5H,4H2,1-3H3;4H,5H2,1-3H3;4-6H,1-3H3;4H,1-3H3,(H,7,8,9). The molecule has 200 valence electrons. The van der Waals surface area contributed by atoms with Crippen LogP contribution >= 0.6 is 0 Å². The number of nitrogens with one attached hydrogen (secondary N) is 1. The van der Waals surface area contributed by atoms with Crippen molar-refractivity contribution in [2.24, 2.45) is 31.0 Å². The van der Waals surface area contributed by atoms with Gasteiger partial charge in [-0.2, -0.15) is 25.6 Å². The van der Waals surface area contributed by atoms with Crippen LogP contribution in [0.5, 0.6) is 0 Å². The Morgan fingerprint density at radius 3 is 1.72 bits per heavy atom. The molecule has 0 spiro atoms. The zero-order chi connectivity index (χ0) is 27.6. The first kappa shape index (κ1) is 31.1. The third kappa shape index (κ3) is 11.6. The van der Waals surface area contributed by atoms with E-state index in [1.165, 1.54) is 11.3 Å². The number of hydrogen-bond donors (Lipinski definition) is 1. The van der Waals surface area contributed by atoms with Gasteiger partial charge in [-0.1, -0.05) is 62.3 Å². The van der Waals surface area contributed by atoms with E-state index in [0.29, 0.717) is 0 Å². The predicted octanol–water partition coefficient (Wildman–Crippen LogP) is 6.64. The van der Waals surface area contributed by atoms with Crippen molar-refractivity contribution in [3.8, 4) is 0 Å². The normalized spacial score (nSPS) is 15.1. The SMILES string of the molecule is CC(C)(C)C1=CN=NC1.CC(C)(C)C1=NC=NC1.CC(C)(C)c1cn[nH]n1.CC(C)(C)n1ccnc1. The average molecular weight is 498 g/mol. The van der Waals surface area contributed by atoms with Gasteiger partial charge in [-0.05, 0) is 31.8 Å². The van der Waals surface area contributed by atoms with E-state index in [4.69, 9.17) is 0 Å². The maximum atomic E-state index is 4.13.